The van der Waals surface area contributed by atoms with Gasteiger partial charge in [-0.25, -0.2) is 0 Å². The summed E-state index contributed by atoms with van der Waals surface area (Å²) >= 11 is 0. The molecule has 1 rings (SSSR count). The molecular weight excluding hydrogens is 342 g/mol. The number of ether oxygens (including phenoxy) is 2. The lowest BCUT2D eigenvalue weighted by atomic mass is 10.1. The van der Waals surface area contributed by atoms with Crippen LogP contribution in [-0.2, 0) is 4.74 Å². The van der Waals surface area contributed by atoms with E-state index in [1.54, 1.807) is 0 Å². The van der Waals surface area contributed by atoms with E-state index in [-0.39, 0.29) is 12.6 Å². The summed E-state index contributed by atoms with van der Waals surface area (Å²) in [6, 6.07) is 7.55. The largest absolute Gasteiger partial charge is 0.491 e. The monoisotopic (exact) mass is 379 g/mol. The Morgan fingerprint density at radius 1 is 1.15 bits per heavy atom. The first kappa shape index (κ1) is 23.2. The van der Waals surface area contributed by atoms with Gasteiger partial charge in [0.2, 0.25) is 0 Å². The first-order valence-corrected chi connectivity index (χ1v) is 10.1. The Bertz CT molecular complexity index is 535. The third-order valence-electron chi connectivity index (χ3n) is 3.78. The van der Waals surface area contributed by atoms with Gasteiger partial charge in [-0.1, -0.05) is 25.5 Å². The quantitative estimate of drug-likeness (QED) is 0.279. The van der Waals surface area contributed by atoms with Crippen LogP contribution in [0.25, 0.3) is 0 Å². The second-order valence-corrected chi connectivity index (χ2v) is 6.72. The molecule has 3 N–H and O–H groups in total. The van der Waals surface area contributed by atoms with E-state index in [1.165, 1.54) is 0 Å². The van der Waals surface area contributed by atoms with E-state index in [2.05, 4.69) is 22.5 Å². The Morgan fingerprint density at radius 3 is 2.63 bits per heavy atom. The molecule has 0 radical (unpaired) electrons. The lowest BCUT2D eigenvalue weighted by Gasteiger charge is -2.15. The van der Waals surface area contributed by atoms with E-state index in [9.17, 15) is 5.11 Å². The SMILES string of the molecule is CCCCOCCCNC(=NCC(O)c1cccc(OC(C)C)c1)NCC. The Labute approximate surface area is 164 Å². The number of guanidine groups is 1. The number of benzene rings is 1. The maximum atomic E-state index is 10.5. The number of unbranched alkanes of at least 4 members (excludes halogenated alkanes) is 1. The van der Waals surface area contributed by atoms with Gasteiger partial charge in [-0.05, 0) is 51.3 Å². The highest BCUT2D eigenvalue weighted by molar-refractivity contribution is 5.79. The molecule has 154 valence electrons. The van der Waals surface area contributed by atoms with Crippen molar-refractivity contribution in [2.75, 3.05) is 32.8 Å². The van der Waals surface area contributed by atoms with Crippen molar-refractivity contribution >= 4 is 5.96 Å². The normalized spacial score (nSPS) is 12.9. The molecule has 6 heteroatoms. The van der Waals surface area contributed by atoms with Crippen molar-refractivity contribution in [2.45, 2.75) is 59.2 Å². The molecule has 6 nitrogen and oxygen atoms in total. The molecule has 1 aromatic carbocycles. The van der Waals surface area contributed by atoms with Crippen LogP contribution >= 0.6 is 0 Å². The van der Waals surface area contributed by atoms with Gasteiger partial charge in [0.25, 0.3) is 0 Å². The van der Waals surface area contributed by atoms with Crippen LogP contribution in [0.5, 0.6) is 5.75 Å². The third-order valence-corrected chi connectivity index (χ3v) is 3.78. The highest BCUT2D eigenvalue weighted by atomic mass is 16.5. The van der Waals surface area contributed by atoms with E-state index in [0.717, 1.165) is 56.9 Å². The first-order valence-electron chi connectivity index (χ1n) is 10.1. The molecule has 0 saturated carbocycles. The number of nitrogens with one attached hydrogen (secondary N) is 2. The number of aliphatic hydroxyl groups is 1. The van der Waals surface area contributed by atoms with Crippen LogP contribution in [-0.4, -0.2) is 50.0 Å². The Morgan fingerprint density at radius 2 is 1.93 bits per heavy atom. The number of nitrogens with zero attached hydrogens (tertiary/aromatic N) is 1. The topological polar surface area (TPSA) is 75.1 Å². The summed E-state index contributed by atoms with van der Waals surface area (Å²) in [4.78, 5) is 4.49. The van der Waals surface area contributed by atoms with Crippen molar-refractivity contribution < 1.29 is 14.6 Å². The van der Waals surface area contributed by atoms with Crippen LogP contribution in [0, 0.1) is 0 Å². The molecule has 0 spiro atoms. The van der Waals surface area contributed by atoms with Crippen molar-refractivity contribution in [3.05, 3.63) is 29.8 Å². The summed E-state index contributed by atoms with van der Waals surface area (Å²) in [6.45, 7) is 11.6. The fraction of sp³-hybridized carbons (Fsp3) is 0.667. The minimum atomic E-state index is -0.673. The van der Waals surface area contributed by atoms with E-state index in [1.807, 2.05) is 45.0 Å². The van der Waals surface area contributed by atoms with Crippen molar-refractivity contribution in [3.63, 3.8) is 0 Å². The van der Waals surface area contributed by atoms with Gasteiger partial charge in [0, 0.05) is 26.3 Å². The molecule has 0 amide bonds. The molecule has 0 fully saturated rings. The molecule has 1 aromatic rings. The number of aliphatic imine (C=N–C) groups is 1. The third kappa shape index (κ3) is 10.8. The maximum absolute atomic E-state index is 10.5. The molecule has 1 atom stereocenters. The summed E-state index contributed by atoms with van der Waals surface area (Å²) < 4.78 is 11.2. The van der Waals surface area contributed by atoms with Crippen LogP contribution in [0.2, 0.25) is 0 Å². The van der Waals surface area contributed by atoms with E-state index >= 15 is 0 Å². The average Bonchev–Trinajstić information content (AvgIpc) is 2.64. The van der Waals surface area contributed by atoms with E-state index in [4.69, 9.17) is 9.47 Å². The van der Waals surface area contributed by atoms with Gasteiger partial charge in [0.15, 0.2) is 5.96 Å². The molecule has 0 saturated heterocycles. The lowest BCUT2D eigenvalue weighted by molar-refractivity contribution is 0.129. The summed E-state index contributed by atoms with van der Waals surface area (Å²) in [7, 11) is 0. The Kier molecular flexibility index (Phi) is 12.3. The van der Waals surface area contributed by atoms with Crippen LogP contribution in [0.4, 0.5) is 0 Å². The van der Waals surface area contributed by atoms with Gasteiger partial charge in [-0.15, -0.1) is 0 Å². The number of hydrogen-bond acceptors (Lipinski definition) is 4. The van der Waals surface area contributed by atoms with Crippen molar-refractivity contribution in [3.8, 4) is 5.75 Å². The molecular formula is C21H37N3O3. The van der Waals surface area contributed by atoms with Crippen LogP contribution in [0.15, 0.2) is 29.3 Å². The second-order valence-electron chi connectivity index (χ2n) is 6.72. The van der Waals surface area contributed by atoms with Gasteiger partial charge in [-0.2, -0.15) is 0 Å². The maximum Gasteiger partial charge on any atom is 0.191 e. The van der Waals surface area contributed by atoms with E-state index in [0.29, 0.717) is 5.96 Å². The second kappa shape index (κ2) is 14.3. The van der Waals surface area contributed by atoms with Gasteiger partial charge in [-0.3, -0.25) is 4.99 Å². The minimum absolute atomic E-state index is 0.103. The molecule has 0 heterocycles. The van der Waals surface area contributed by atoms with Crippen molar-refractivity contribution in [1.82, 2.24) is 10.6 Å². The van der Waals surface area contributed by atoms with Crippen LogP contribution in [0.3, 0.4) is 0 Å². The summed E-state index contributed by atoms with van der Waals surface area (Å²) in [5, 5.41) is 16.9. The zero-order valence-electron chi connectivity index (χ0n) is 17.3. The molecule has 0 aliphatic rings. The summed E-state index contributed by atoms with van der Waals surface area (Å²) in [5.41, 5.74) is 0.803. The van der Waals surface area contributed by atoms with Gasteiger partial charge < -0.3 is 25.2 Å². The smallest absolute Gasteiger partial charge is 0.191 e. The number of aliphatic hydroxyl groups excluding tert-OH is 1. The van der Waals surface area contributed by atoms with Crippen LogP contribution < -0.4 is 15.4 Å². The molecule has 27 heavy (non-hydrogen) atoms. The molecule has 0 aliphatic heterocycles. The molecule has 1 unspecified atom stereocenters. The summed E-state index contributed by atoms with van der Waals surface area (Å²) in [6.07, 6.45) is 2.62. The fourth-order valence-electron chi connectivity index (χ4n) is 2.42. The molecule has 0 aromatic heterocycles. The predicted octanol–water partition coefficient (Wildman–Crippen LogP) is 3.27. The predicted molar refractivity (Wildman–Crippen MR) is 111 cm³/mol. The highest BCUT2D eigenvalue weighted by Gasteiger charge is 2.09. The number of hydrogen-bond donors (Lipinski definition) is 3. The molecule has 0 aliphatic carbocycles. The van der Waals surface area contributed by atoms with E-state index < -0.39 is 6.10 Å². The standard InChI is InChI=1S/C21H37N3O3/c1-5-7-13-26-14-9-12-23-21(22-6-2)24-16-20(25)18-10-8-11-19(15-18)27-17(3)4/h8,10-11,15,17,20,25H,5-7,9,12-14,16H2,1-4H3,(H2,22,23,24). The van der Waals surface area contributed by atoms with Gasteiger partial charge in [0.05, 0.1) is 18.8 Å². The van der Waals surface area contributed by atoms with Gasteiger partial charge >= 0.3 is 0 Å². The summed E-state index contributed by atoms with van der Waals surface area (Å²) in [5.74, 6) is 1.47. The van der Waals surface area contributed by atoms with Crippen LogP contribution in [0.1, 0.15) is 58.6 Å². The van der Waals surface area contributed by atoms with Gasteiger partial charge in [0.1, 0.15) is 5.75 Å². The Hall–Kier alpha value is -1.79. The fourth-order valence-corrected chi connectivity index (χ4v) is 2.42. The van der Waals surface area contributed by atoms with Crippen molar-refractivity contribution in [2.24, 2.45) is 4.99 Å². The average molecular weight is 380 g/mol. The zero-order chi connectivity index (χ0) is 19.9. The molecule has 0 bridgehead atoms. The highest BCUT2D eigenvalue weighted by Crippen LogP contribution is 2.20. The first-order chi connectivity index (χ1) is 13.1. The zero-order valence-corrected chi connectivity index (χ0v) is 17.3. The minimum Gasteiger partial charge on any atom is -0.491 e. The van der Waals surface area contributed by atoms with Crippen molar-refractivity contribution in [1.29, 1.82) is 0 Å². The number of rotatable bonds is 13. The lowest BCUT2D eigenvalue weighted by Crippen LogP contribution is -2.38. The Balaban J connectivity index is 2.46.